The molecule has 0 radical (unpaired) electrons. The van der Waals surface area contributed by atoms with Crippen molar-refractivity contribution in [2.24, 2.45) is 5.92 Å². The zero-order valence-electron chi connectivity index (χ0n) is 14.6. The third kappa shape index (κ3) is 5.38. The summed E-state index contributed by atoms with van der Waals surface area (Å²) in [6, 6.07) is 14.5. The number of aromatic hydroxyl groups is 2. The molecule has 0 aliphatic heterocycles. The molecule has 1 atom stereocenters. The van der Waals surface area contributed by atoms with Crippen LogP contribution >= 0.6 is 0 Å². The van der Waals surface area contributed by atoms with E-state index in [1.54, 1.807) is 12.1 Å². The van der Waals surface area contributed by atoms with Gasteiger partial charge in [-0.25, -0.2) is 0 Å². The number of rotatable bonds is 5. The molecule has 0 aromatic heterocycles. The first-order valence-electron chi connectivity index (χ1n) is 8.69. The Bertz CT molecular complexity index is 721. The van der Waals surface area contributed by atoms with Crippen LogP contribution in [0.2, 0.25) is 0 Å². The van der Waals surface area contributed by atoms with Crippen molar-refractivity contribution in [1.82, 2.24) is 5.32 Å². The molecular formula is C21H25NO3. The van der Waals surface area contributed by atoms with E-state index >= 15 is 0 Å². The fourth-order valence-corrected chi connectivity index (χ4v) is 2.58. The Morgan fingerprint density at radius 1 is 1.08 bits per heavy atom. The van der Waals surface area contributed by atoms with Gasteiger partial charge in [0.15, 0.2) is 11.5 Å². The number of carbonyl (C=O) groups excluding carboxylic acids is 1. The van der Waals surface area contributed by atoms with Crippen molar-refractivity contribution >= 4 is 12.0 Å². The Balaban J connectivity index is 0.00000109. The van der Waals surface area contributed by atoms with Gasteiger partial charge in [0, 0.05) is 6.08 Å². The largest absolute Gasteiger partial charge is 0.504 e. The van der Waals surface area contributed by atoms with Crippen molar-refractivity contribution in [1.29, 1.82) is 0 Å². The van der Waals surface area contributed by atoms with Crippen LogP contribution < -0.4 is 5.32 Å². The highest BCUT2D eigenvalue weighted by atomic mass is 16.3. The van der Waals surface area contributed by atoms with E-state index in [1.807, 2.05) is 44.2 Å². The van der Waals surface area contributed by atoms with Gasteiger partial charge in [-0.3, -0.25) is 4.79 Å². The molecule has 3 N–H and O–H groups in total. The highest BCUT2D eigenvalue weighted by Crippen LogP contribution is 2.40. The topological polar surface area (TPSA) is 69.6 Å². The lowest BCUT2D eigenvalue weighted by molar-refractivity contribution is -0.117. The Morgan fingerprint density at radius 3 is 2.36 bits per heavy atom. The second kappa shape index (κ2) is 8.92. The molecule has 0 saturated heterocycles. The van der Waals surface area contributed by atoms with Crippen molar-refractivity contribution in [3.8, 4) is 11.5 Å². The first-order chi connectivity index (χ1) is 12.1. The first-order valence-corrected chi connectivity index (χ1v) is 8.69. The van der Waals surface area contributed by atoms with Crippen LogP contribution in [0.1, 0.15) is 43.9 Å². The number of nitrogens with one attached hydrogen (secondary N) is 1. The van der Waals surface area contributed by atoms with Gasteiger partial charge < -0.3 is 15.5 Å². The lowest BCUT2D eigenvalue weighted by atomic mass is 10.0. The molecule has 1 saturated carbocycles. The van der Waals surface area contributed by atoms with E-state index in [0.29, 0.717) is 11.5 Å². The summed E-state index contributed by atoms with van der Waals surface area (Å²) in [4.78, 5) is 12.2. The fourth-order valence-electron chi connectivity index (χ4n) is 2.58. The molecule has 132 valence electrons. The van der Waals surface area contributed by atoms with E-state index in [2.05, 4.69) is 5.32 Å². The van der Waals surface area contributed by atoms with E-state index < -0.39 is 0 Å². The van der Waals surface area contributed by atoms with E-state index in [1.165, 1.54) is 18.2 Å². The predicted octanol–water partition coefficient (Wildman–Crippen LogP) is 4.40. The van der Waals surface area contributed by atoms with Crippen molar-refractivity contribution in [2.75, 3.05) is 0 Å². The summed E-state index contributed by atoms with van der Waals surface area (Å²) in [6.07, 6.45) is 5.33. The first kappa shape index (κ1) is 18.6. The summed E-state index contributed by atoms with van der Waals surface area (Å²) in [5.74, 6) is -0.0389. The SMILES string of the molecule is CC.O=C(/C=C/c1ccc(O)c(O)c1)NC(c1ccccc1)C1CC1. The van der Waals surface area contributed by atoms with Gasteiger partial charge in [-0.05, 0) is 48.1 Å². The van der Waals surface area contributed by atoms with E-state index in [0.717, 1.165) is 18.4 Å². The van der Waals surface area contributed by atoms with Gasteiger partial charge in [0.2, 0.25) is 5.91 Å². The molecule has 2 aromatic rings. The van der Waals surface area contributed by atoms with Crippen LogP contribution in [0.4, 0.5) is 0 Å². The monoisotopic (exact) mass is 339 g/mol. The molecule has 0 bridgehead atoms. The smallest absolute Gasteiger partial charge is 0.244 e. The average Bonchev–Trinajstić information content (AvgIpc) is 3.48. The molecule has 1 fully saturated rings. The molecule has 1 aliphatic rings. The summed E-state index contributed by atoms with van der Waals surface area (Å²) in [7, 11) is 0. The molecule has 0 spiro atoms. The van der Waals surface area contributed by atoms with Crippen LogP contribution in [0.3, 0.4) is 0 Å². The Hall–Kier alpha value is -2.75. The van der Waals surface area contributed by atoms with Crippen LogP contribution in [-0.4, -0.2) is 16.1 Å². The van der Waals surface area contributed by atoms with Crippen molar-refractivity contribution in [3.63, 3.8) is 0 Å². The zero-order valence-corrected chi connectivity index (χ0v) is 14.6. The Labute approximate surface area is 148 Å². The van der Waals surface area contributed by atoms with E-state index in [4.69, 9.17) is 0 Å². The molecule has 1 amide bonds. The third-order valence-electron chi connectivity index (χ3n) is 3.98. The Kier molecular flexibility index (Phi) is 6.63. The standard InChI is InChI=1S/C19H19NO3.C2H6/c21-16-10-6-13(12-17(16)22)7-11-18(23)20-19(15-8-9-15)14-4-2-1-3-5-14;1-2/h1-7,10-12,15,19,21-22H,8-9H2,(H,20,23);1-2H3/b11-7+;. The number of hydrogen-bond donors (Lipinski definition) is 3. The van der Waals surface area contributed by atoms with Crippen LogP contribution in [0.5, 0.6) is 11.5 Å². The maximum absolute atomic E-state index is 12.2. The van der Waals surface area contributed by atoms with E-state index in [9.17, 15) is 15.0 Å². The highest BCUT2D eigenvalue weighted by Gasteiger charge is 2.32. The summed E-state index contributed by atoms with van der Waals surface area (Å²) in [6.45, 7) is 4.00. The van der Waals surface area contributed by atoms with Gasteiger partial charge in [0.1, 0.15) is 0 Å². The number of phenolic OH excluding ortho intramolecular Hbond substituents is 2. The maximum Gasteiger partial charge on any atom is 0.244 e. The predicted molar refractivity (Wildman–Crippen MR) is 100 cm³/mol. The second-order valence-electron chi connectivity index (χ2n) is 5.82. The van der Waals surface area contributed by atoms with E-state index in [-0.39, 0.29) is 23.4 Å². The van der Waals surface area contributed by atoms with Gasteiger partial charge in [0.25, 0.3) is 0 Å². The number of hydrogen-bond acceptors (Lipinski definition) is 3. The average molecular weight is 339 g/mol. The number of carbonyl (C=O) groups is 1. The van der Waals surface area contributed by atoms with Crippen LogP contribution in [0.25, 0.3) is 6.08 Å². The molecule has 25 heavy (non-hydrogen) atoms. The minimum absolute atomic E-state index is 0.0431. The highest BCUT2D eigenvalue weighted by molar-refractivity contribution is 5.92. The summed E-state index contributed by atoms with van der Waals surface area (Å²) in [5.41, 5.74) is 1.78. The lowest BCUT2D eigenvalue weighted by Gasteiger charge is -2.17. The van der Waals surface area contributed by atoms with Crippen molar-refractivity contribution in [3.05, 3.63) is 65.7 Å². The normalized spacial score (nSPS) is 14.5. The number of benzene rings is 2. The molecule has 3 rings (SSSR count). The van der Waals surface area contributed by atoms with Gasteiger partial charge in [-0.1, -0.05) is 50.2 Å². The van der Waals surface area contributed by atoms with Crippen molar-refractivity contribution in [2.45, 2.75) is 32.7 Å². The second-order valence-corrected chi connectivity index (χ2v) is 5.82. The van der Waals surface area contributed by atoms with Crippen LogP contribution in [-0.2, 0) is 4.79 Å². The molecular weight excluding hydrogens is 314 g/mol. The lowest BCUT2D eigenvalue weighted by Crippen LogP contribution is -2.28. The quantitative estimate of drug-likeness (QED) is 0.558. The minimum Gasteiger partial charge on any atom is -0.504 e. The van der Waals surface area contributed by atoms with Crippen molar-refractivity contribution < 1.29 is 15.0 Å². The fraction of sp³-hybridized carbons (Fsp3) is 0.286. The van der Waals surface area contributed by atoms with Gasteiger partial charge in [-0.15, -0.1) is 0 Å². The summed E-state index contributed by atoms with van der Waals surface area (Å²) < 4.78 is 0. The zero-order chi connectivity index (χ0) is 18.2. The summed E-state index contributed by atoms with van der Waals surface area (Å²) in [5, 5.41) is 21.8. The summed E-state index contributed by atoms with van der Waals surface area (Å²) >= 11 is 0. The molecule has 1 aliphatic carbocycles. The molecule has 1 unspecified atom stereocenters. The molecule has 4 nitrogen and oxygen atoms in total. The van der Waals surface area contributed by atoms with Crippen LogP contribution in [0, 0.1) is 5.92 Å². The number of phenols is 2. The molecule has 4 heteroatoms. The van der Waals surface area contributed by atoms with Gasteiger partial charge >= 0.3 is 0 Å². The van der Waals surface area contributed by atoms with Gasteiger partial charge in [-0.2, -0.15) is 0 Å². The maximum atomic E-state index is 12.2. The molecule has 0 heterocycles. The van der Waals surface area contributed by atoms with Crippen LogP contribution in [0.15, 0.2) is 54.6 Å². The number of amides is 1. The Morgan fingerprint density at radius 2 is 1.76 bits per heavy atom. The van der Waals surface area contributed by atoms with Gasteiger partial charge in [0.05, 0.1) is 6.04 Å². The minimum atomic E-state index is -0.201. The molecule has 2 aromatic carbocycles. The third-order valence-corrected chi connectivity index (χ3v) is 3.98.